The number of piperidine rings is 1. The van der Waals surface area contributed by atoms with E-state index in [1.807, 2.05) is 6.92 Å². The molecular formula is C20H31F3N4O. The second-order valence-corrected chi connectivity index (χ2v) is 7.25. The van der Waals surface area contributed by atoms with E-state index in [4.69, 9.17) is 0 Å². The molecule has 5 nitrogen and oxygen atoms in total. The lowest BCUT2D eigenvalue weighted by atomic mass is 10.0. The van der Waals surface area contributed by atoms with Crippen molar-refractivity contribution in [1.82, 2.24) is 15.5 Å². The number of hydrogen-bond acceptors (Lipinski definition) is 3. The van der Waals surface area contributed by atoms with Gasteiger partial charge in [-0.25, -0.2) is 0 Å². The van der Waals surface area contributed by atoms with Crippen molar-refractivity contribution in [2.45, 2.75) is 58.5 Å². The number of nitrogens with zero attached hydrogens (tertiary/aromatic N) is 2. The molecule has 1 aliphatic rings. The van der Waals surface area contributed by atoms with Crippen LogP contribution < -0.4 is 15.4 Å². The van der Waals surface area contributed by atoms with Crippen LogP contribution >= 0.6 is 0 Å². The number of alkyl halides is 3. The van der Waals surface area contributed by atoms with Gasteiger partial charge >= 0.3 is 6.36 Å². The van der Waals surface area contributed by atoms with E-state index in [2.05, 4.69) is 39.1 Å². The normalized spacial score (nSPS) is 17.0. The van der Waals surface area contributed by atoms with Crippen LogP contribution in [0.2, 0.25) is 0 Å². The van der Waals surface area contributed by atoms with Crippen molar-refractivity contribution < 1.29 is 17.9 Å². The summed E-state index contributed by atoms with van der Waals surface area (Å²) in [5.74, 6) is 0.588. The maximum absolute atomic E-state index is 12.2. The molecule has 0 aromatic heterocycles. The average Bonchev–Trinajstić information content (AvgIpc) is 2.62. The molecule has 8 heteroatoms. The smallest absolute Gasteiger partial charge is 0.406 e. The second-order valence-electron chi connectivity index (χ2n) is 7.25. The Morgan fingerprint density at radius 2 is 1.86 bits per heavy atom. The van der Waals surface area contributed by atoms with Gasteiger partial charge in [0.2, 0.25) is 0 Å². The number of rotatable bonds is 7. The predicted octanol–water partition coefficient (Wildman–Crippen LogP) is 3.56. The highest BCUT2D eigenvalue weighted by molar-refractivity contribution is 5.80. The minimum atomic E-state index is -4.66. The number of likely N-dealkylation sites (tertiary alicyclic amines) is 1. The standard InChI is InChI=1S/C20H31F3N4O/c1-4-24-19(26-17-10-13-27(14-11-17)15(2)3)25-12-9-16-5-7-18(8-6-16)28-20(21,22)23/h5-8,15,17H,4,9-14H2,1-3H3,(H2,24,25,26). The number of guanidine groups is 1. The molecule has 0 atom stereocenters. The Morgan fingerprint density at radius 1 is 1.21 bits per heavy atom. The summed E-state index contributed by atoms with van der Waals surface area (Å²) in [6, 6.07) is 6.93. The van der Waals surface area contributed by atoms with Crippen LogP contribution in [0.5, 0.6) is 5.75 Å². The third-order valence-corrected chi connectivity index (χ3v) is 4.77. The summed E-state index contributed by atoms with van der Waals surface area (Å²) in [6.07, 6.45) is -1.84. The van der Waals surface area contributed by atoms with E-state index >= 15 is 0 Å². The van der Waals surface area contributed by atoms with E-state index in [1.165, 1.54) is 12.1 Å². The van der Waals surface area contributed by atoms with E-state index < -0.39 is 6.36 Å². The van der Waals surface area contributed by atoms with Crippen LogP contribution in [-0.4, -0.2) is 55.5 Å². The first kappa shape index (κ1) is 22.3. The predicted molar refractivity (Wildman–Crippen MR) is 106 cm³/mol. The fourth-order valence-electron chi connectivity index (χ4n) is 3.23. The highest BCUT2D eigenvalue weighted by Crippen LogP contribution is 2.22. The minimum Gasteiger partial charge on any atom is -0.406 e. The Morgan fingerprint density at radius 3 is 2.39 bits per heavy atom. The van der Waals surface area contributed by atoms with Gasteiger partial charge < -0.3 is 20.3 Å². The average molecular weight is 400 g/mol. The Kier molecular flexibility index (Phi) is 8.41. The van der Waals surface area contributed by atoms with Crippen molar-refractivity contribution >= 4 is 5.96 Å². The maximum Gasteiger partial charge on any atom is 0.573 e. The molecule has 1 saturated heterocycles. The molecule has 1 aromatic rings. The monoisotopic (exact) mass is 400 g/mol. The first-order valence-electron chi connectivity index (χ1n) is 9.90. The molecule has 0 amide bonds. The summed E-state index contributed by atoms with van der Waals surface area (Å²) in [7, 11) is 0. The molecule has 1 fully saturated rings. The summed E-state index contributed by atoms with van der Waals surface area (Å²) in [5.41, 5.74) is 0.916. The van der Waals surface area contributed by atoms with E-state index in [0.29, 0.717) is 25.0 Å². The fourth-order valence-corrected chi connectivity index (χ4v) is 3.23. The van der Waals surface area contributed by atoms with Crippen LogP contribution in [-0.2, 0) is 6.42 Å². The molecule has 2 rings (SSSR count). The van der Waals surface area contributed by atoms with Gasteiger partial charge in [0.1, 0.15) is 5.75 Å². The van der Waals surface area contributed by atoms with Crippen molar-refractivity contribution in [3.05, 3.63) is 29.8 Å². The second kappa shape index (κ2) is 10.5. The fraction of sp³-hybridized carbons (Fsp3) is 0.650. The van der Waals surface area contributed by atoms with Gasteiger partial charge in [0.25, 0.3) is 0 Å². The van der Waals surface area contributed by atoms with Gasteiger partial charge in [-0.2, -0.15) is 0 Å². The SMILES string of the molecule is CCNC(=NCCc1ccc(OC(F)(F)F)cc1)NC1CCN(C(C)C)CC1. The lowest BCUT2D eigenvalue weighted by Crippen LogP contribution is -2.49. The van der Waals surface area contributed by atoms with Crippen molar-refractivity contribution in [3.8, 4) is 5.75 Å². The van der Waals surface area contributed by atoms with E-state index in [1.54, 1.807) is 12.1 Å². The third kappa shape index (κ3) is 7.96. The lowest BCUT2D eigenvalue weighted by molar-refractivity contribution is -0.274. The van der Waals surface area contributed by atoms with Gasteiger partial charge in [-0.05, 0) is 57.7 Å². The number of benzene rings is 1. The van der Waals surface area contributed by atoms with Crippen LogP contribution in [0.1, 0.15) is 39.2 Å². The zero-order valence-electron chi connectivity index (χ0n) is 16.9. The lowest BCUT2D eigenvalue weighted by Gasteiger charge is -2.35. The molecule has 158 valence electrons. The van der Waals surface area contributed by atoms with Crippen molar-refractivity contribution in [3.63, 3.8) is 0 Å². The number of halogens is 3. The van der Waals surface area contributed by atoms with Crippen LogP contribution in [0.3, 0.4) is 0 Å². The van der Waals surface area contributed by atoms with E-state index in [0.717, 1.165) is 44.0 Å². The van der Waals surface area contributed by atoms with Gasteiger partial charge in [0, 0.05) is 38.3 Å². The minimum absolute atomic E-state index is 0.206. The van der Waals surface area contributed by atoms with Gasteiger partial charge in [-0.1, -0.05) is 12.1 Å². The topological polar surface area (TPSA) is 48.9 Å². The molecule has 1 heterocycles. The molecule has 1 aliphatic heterocycles. The molecule has 1 aromatic carbocycles. The number of ether oxygens (including phenoxy) is 1. The molecule has 0 aliphatic carbocycles. The Labute approximate surface area is 165 Å². The Hall–Kier alpha value is -1.96. The highest BCUT2D eigenvalue weighted by atomic mass is 19.4. The number of hydrogen-bond donors (Lipinski definition) is 2. The van der Waals surface area contributed by atoms with Crippen LogP contribution in [0.15, 0.2) is 29.3 Å². The van der Waals surface area contributed by atoms with E-state index in [-0.39, 0.29) is 5.75 Å². The zero-order chi connectivity index (χ0) is 20.6. The quantitative estimate of drug-likeness (QED) is 0.543. The molecule has 0 saturated carbocycles. The number of aliphatic imine (C=N–C) groups is 1. The zero-order valence-corrected chi connectivity index (χ0v) is 16.9. The largest absolute Gasteiger partial charge is 0.573 e. The first-order chi connectivity index (χ1) is 13.3. The molecule has 0 unspecified atom stereocenters. The molecule has 0 bridgehead atoms. The summed E-state index contributed by atoms with van der Waals surface area (Å²) >= 11 is 0. The molecule has 0 spiro atoms. The van der Waals surface area contributed by atoms with Crippen LogP contribution in [0, 0.1) is 0 Å². The van der Waals surface area contributed by atoms with Gasteiger partial charge in [-0.3, -0.25) is 4.99 Å². The van der Waals surface area contributed by atoms with Crippen molar-refractivity contribution in [2.75, 3.05) is 26.2 Å². The summed E-state index contributed by atoms with van der Waals surface area (Å²) in [6.45, 7) is 9.97. The van der Waals surface area contributed by atoms with Crippen LogP contribution in [0.4, 0.5) is 13.2 Å². The van der Waals surface area contributed by atoms with E-state index in [9.17, 15) is 13.2 Å². The maximum atomic E-state index is 12.2. The molecule has 0 radical (unpaired) electrons. The van der Waals surface area contributed by atoms with Gasteiger partial charge in [-0.15, -0.1) is 13.2 Å². The molecular weight excluding hydrogens is 369 g/mol. The Bertz CT molecular complexity index is 609. The van der Waals surface area contributed by atoms with Crippen molar-refractivity contribution in [1.29, 1.82) is 0 Å². The molecule has 28 heavy (non-hydrogen) atoms. The summed E-state index contributed by atoms with van der Waals surface area (Å²) in [4.78, 5) is 7.09. The van der Waals surface area contributed by atoms with Crippen molar-refractivity contribution in [2.24, 2.45) is 4.99 Å². The van der Waals surface area contributed by atoms with Gasteiger partial charge in [0.05, 0.1) is 0 Å². The third-order valence-electron chi connectivity index (χ3n) is 4.77. The Balaban J connectivity index is 1.82. The first-order valence-corrected chi connectivity index (χ1v) is 9.90. The molecule has 2 N–H and O–H groups in total. The summed E-state index contributed by atoms with van der Waals surface area (Å²) in [5, 5.41) is 6.77. The van der Waals surface area contributed by atoms with Gasteiger partial charge in [0.15, 0.2) is 5.96 Å². The van der Waals surface area contributed by atoms with Crippen LogP contribution in [0.25, 0.3) is 0 Å². The highest BCUT2D eigenvalue weighted by Gasteiger charge is 2.30. The summed E-state index contributed by atoms with van der Waals surface area (Å²) < 4.78 is 40.5. The number of nitrogens with one attached hydrogen (secondary N) is 2.